The first-order valence-electron chi connectivity index (χ1n) is 12.6. The normalized spacial score (nSPS) is 18.0. The summed E-state index contributed by atoms with van der Waals surface area (Å²) in [5.41, 5.74) is 5.40. The van der Waals surface area contributed by atoms with Crippen LogP contribution in [0.3, 0.4) is 0 Å². The molecular formula is C29H42F2N2O2. The zero-order valence-corrected chi connectivity index (χ0v) is 22.0. The number of hydrogen-bond donors (Lipinski definition) is 1. The van der Waals surface area contributed by atoms with Crippen molar-refractivity contribution >= 4 is 5.91 Å². The molecule has 1 atom stereocenters. The molecule has 2 aromatic carbocycles. The predicted molar refractivity (Wildman–Crippen MR) is 139 cm³/mol. The van der Waals surface area contributed by atoms with Crippen LogP contribution in [0.15, 0.2) is 36.4 Å². The maximum Gasteiger partial charge on any atom is 0.285 e. The van der Waals surface area contributed by atoms with Gasteiger partial charge in [-0.1, -0.05) is 65.0 Å². The fourth-order valence-corrected chi connectivity index (χ4v) is 4.58. The van der Waals surface area contributed by atoms with Crippen LogP contribution in [0, 0.1) is 0 Å². The second-order valence-electron chi connectivity index (χ2n) is 10.8. The number of amides is 1. The molecule has 6 heteroatoms. The minimum Gasteiger partial charge on any atom is -0.383 e. The summed E-state index contributed by atoms with van der Waals surface area (Å²) >= 11 is 0. The third-order valence-corrected chi connectivity index (χ3v) is 7.03. The van der Waals surface area contributed by atoms with Crippen molar-refractivity contribution in [3.05, 3.63) is 69.8 Å². The van der Waals surface area contributed by atoms with Crippen molar-refractivity contribution in [2.24, 2.45) is 0 Å². The number of methoxy groups -OCH3 is 1. The Balaban J connectivity index is 0.000000256. The summed E-state index contributed by atoms with van der Waals surface area (Å²) in [6.07, 6.45) is 2.11. The van der Waals surface area contributed by atoms with E-state index in [1.54, 1.807) is 18.1 Å². The molecule has 35 heavy (non-hydrogen) atoms. The van der Waals surface area contributed by atoms with E-state index < -0.39 is 5.92 Å². The Bertz CT molecular complexity index is 1040. The van der Waals surface area contributed by atoms with Gasteiger partial charge in [-0.3, -0.25) is 9.69 Å². The van der Waals surface area contributed by atoms with Gasteiger partial charge in [0.05, 0.1) is 13.2 Å². The number of alkyl halides is 2. The molecule has 1 amide bonds. The summed E-state index contributed by atoms with van der Waals surface area (Å²) in [7, 11) is 1.59. The molecule has 0 saturated heterocycles. The third-order valence-electron chi connectivity index (χ3n) is 7.03. The quantitative estimate of drug-likeness (QED) is 0.539. The van der Waals surface area contributed by atoms with Gasteiger partial charge in [0.25, 0.3) is 11.8 Å². The highest BCUT2D eigenvalue weighted by atomic mass is 19.3. The van der Waals surface area contributed by atoms with E-state index in [4.69, 9.17) is 4.74 Å². The molecule has 2 heterocycles. The molecule has 4 nitrogen and oxygen atoms in total. The Morgan fingerprint density at radius 2 is 1.91 bits per heavy atom. The van der Waals surface area contributed by atoms with Crippen LogP contribution in [0.1, 0.15) is 86.6 Å². The molecular weight excluding hydrogens is 446 g/mol. The van der Waals surface area contributed by atoms with E-state index in [0.29, 0.717) is 25.6 Å². The van der Waals surface area contributed by atoms with Crippen LogP contribution in [0.2, 0.25) is 0 Å². The van der Waals surface area contributed by atoms with E-state index in [1.165, 1.54) is 11.1 Å². The number of ether oxygens (including phenoxy) is 1. The van der Waals surface area contributed by atoms with E-state index in [9.17, 15) is 13.6 Å². The summed E-state index contributed by atoms with van der Waals surface area (Å²) in [6.45, 7) is 12.8. The molecule has 2 aliphatic heterocycles. The van der Waals surface area contributed by atoms with E-state index in [2.05, 4.69) is 52.1 Å². The number of nitrogens with zero attached hydrogens (tertiary/aromatic N) is 1. The van der Waals surface area contributed by atoms with Crippen LogP contribution in [0.5, 0.6) is 0 Å². The number of hydrogen-bond acceptors (Lipinski definition) is 3. The van der Waals surface area contributed by atoms with Crippen molar-refractivity contribution in [1.82, 2.24) is 10.2 Å². The molecule has 194 valence electrons. The largest absolute Gasteiger partial charge is 0.383 e. The molecule has 4 rings (SSSR count). The van der Waals surface area contributed by atoms with Gasteiger partial charge >= 0.3 is 0 Å². The summed E-state index contributed by atoms with van der Waals surface area (Å²) in [6, 6.07) is 11.6. The van der Waals surface area contributed by atoms with Crippen LogP contribution >= 0.6 is 0 Å². The maximum absolute atomic E-state index is 14.2. The average molecular weight is 489 g/mol. The lowest BCUT2D eigenvalue weighted by Crippen LogP contribution is -2.42. The third kappa shape index (κ3) is 6.68. The standard InChI is InChI=1S/C16H23F2NO.C13H17NO.H2/c1-15(2,3)13-5-6-14-12(9-13)10-19(7-8-20-4)11-16(14,17)18;1-3-9(2)10-4-5-12-11(8-10)6-7-14-13(12)15;/h5-6,9H,7-8,10-11H2,1-4H3;4-5,8-9H,3,6-7H2,1-2H3,(H,14,15);1H. The van der Waals surface area contributed by atoms with E-state index >= 15 is 0 Å². The Kier molecular flexibility index (Phi) is 8.71. The summed E-state index contributed by atoms with van der Waals surface area (Å²) in [4.78, 5) is 13.3. The lowest BCUT2D eigenvalue weighted by atomic mass is 9.83. The monoisotopic (exact) mass is 488 g/mol. The summed E-state index contributed by atoms with van der Waals surface area (Å²) in [5.74, 6) is -2.12. The molecule has 2 aromatic rings. The number of nitrogens with one attached hydrogen (secondary N) is 1. The highest BCUT2D eigenvalue weighted by molar-refractivity contribution is 5.96. The summed E-state index contributed by atoms with van der Waals surface area (Å²) < 4.78 is 33.4. The minimum absolute atomic E-state index is 0. The van der Waals surface area contributed by atoms with Crippen molar-refractivity contribution in [2.45, 2.75) is 71.3 Å². The lowest BCUT2D eigenvalue weighted by Gasteiger charge is -2.35. The molecule has 2 aliphatic rings. The van der Waals surface area contributed by atoms with E-state index in [1.807, 2.05) is 18.2 Å². The van der Waals surface area contributed by atoms with Gasteiger partial charge in [0, 0.05) is 39.3 Å². The number of benzene rings is 2. The first-order chi connectivity index (χ1) is 16.5. The van der Waals surface area contributed by atoms with Crippen molar-refractivity contribution in [3.63, 3.8) is 0 Å². The van der Waals surface area contributed by atoms with Gasteiger partial charge in [-0.25, -0.2) is 0 Å². The second-order valence-corrected chi connectivity index (χ2v) is 10.8. The molecule has 0 spiro atoms. The van der Waals surface area contributed by atoms with Gasteiger partial charge in [0.15, 0.2) is 0 Å². The Morgan fingerprint density at radius 1 is 1.17 bits per heavy atom. The predicted octanol–water partition coefficient (Wildman–Crippen LogP) is 6.27. The zero-order chi connectivity index (χ0) is 25.8. The maximum atomic E-state index is 14.2. The molecule has 0 bridgehead atoms. The van der Waals surface area contributed by atoms with Gasteiger partial charge in [-0.05, 0) is 52.5 Å². The van der Waals surface area contributed by atoms with Crippen molar-refractivity contribution in [2.75, 3.05) is 33.4 Å². The first kappa shape index (κ1) is 27.3. The van der Waals surface area contributed by atoms with Gasteiger partial charge in [-0.2, -0.15) is 8.78 Å². The molecule has 0 fully saturated rings. The first-order valence-corrected chi connectivity index (χ1v) is 12.6. The van der Waals surface area contributed by atoms with Crippen molar-refractivity contribution < 1.29 is 19.7 Å². The molecule has 0 radical (unpaired) electrons. The van der Waals surface area contributed by atoms with E-state index in [-0.39, 0.29) is 24.9 Å². The number of fused-ring (bicyclic) bond motifs is 2. The zero-order valence-electron chi connectivity index (χ0n) is 22.0. The smallest absolute Gasteiger partial charge is 0.285 e. The SMILES string of the molecule is CCC(C)c1ccc2c(c1)CCNC2=O.COCCN1Cc2cc(C(C)(C)C)ccc2C(F)(F)C1.[HH]. The Morgan fingerprint density at radius 3 is 2.57 bits per heavy atom. The highest BCUT2D eigenvalue weighted by Gasteiger charge is 2.40. The molecule has 0 aromatic heterocycles. The van der Waals surface area contributed by atoms with Crippen LogP contribution in [-0.2, 0) is 29.0 Å². The Labute approximate surface area is 210 Å². The highest BCUT2D eigenvalue weighted by Crippen LogP contribution is 2.38. The molecule has 0 aliphatic carbocycles. The average Bonchev–Trinajstić information content (AvgIpc) is 2.81. The fourth-order valence-electron chi connectivity index (χ4n) is 4.58. The van der Waals surface area contributed by atoms with Crippen LogP contribution in [0.25, 0.3) is 0 Å². The number of carbonyl (C=O) groups excluding carboxylic acids is 1. The van der Waals surface area contributed by atoms with Gasteiger partial charge in [0.1, 0.15) is 0 Å². The van der Waals surface area contributed by atoms with Crippen LogP contribution in [-0.4, -0.2) is 44.2 Å². The molecule has 1 unspecified atom stereocenters. The molecule has 0 saturated carbocycles. The van der Waals surface area contributed by atoms with Gasteiger partial charge in [-0.15, -0.1) is 0 Å². The van der Waals surface area contributed by atoms with Gasteiger partial charge < -0.3 is 10.1 Å². The van der Waals surface area contributed by atoms with Crippen LogP contribution < -0.4 is 5.32 Å². The van der Waals surface area contributed by atoms with Crippen LogP contribution in [0.4, 0.5) is 8.78 Å². The second kappa shape index (κ2) is 11.2. The van der Waals surface area contributed by atoms with Crippen molar-refractivity contribution in [3.8, 4) is 0 Å². The summed E-state index contributed by atoms with van der Waals surface area (Å²) in [5, 5.41) is 2.86. The van der Waals surface area contributed by atoms with Gasteiger partial charge in [0.2, 0.25) is 0 Å². The fraction of sp³-hybridized carbons (Fsp3) is 0.552. The molecule has 1 N–H and O–H groups in total. The minimum atomic E-state index is -2.78. The van der Waals surface area contributed by atoms with Crippen molar-refractivity contribution in [1.29, 1.82) is 0 Å². The number of rotatable bonds is 5. The topological polar surface area (TPSA) is 41.6 Å². The Hall–Kier alpha value is -2.31. The lowest BCUT2D eigenvalue weighted by molar-refractivity contribution is -0.0560. The van der Waals surface area contributed by atoms with E-state index in [0.717, 1.165) is 36.1 Å². The number of carbonyl (C=O) groups is 1. The number of halogens is 2.